The molecule has 0 heterocycles. The number of aliphatic hydroxyl groups excluding tert-OH is 2. The lowest BCUT2D eigenvalue weighted by molar-refractivity contribution is -0.143. The fraction of sp³-hybridized carbons (Fsp3) is 0.500. The van der Waals surface area contributed by atoms with Crippen LogP contribution in [-0.4, -0.2) is 55.3 Å². The highest BCUT2D eigenvalue weighted by Gasteiger charge is 2.13. The van der Waals surface area contributed by atoms with E-state index >= 15 is 0 Å². The van der Waals surface area contributed by atoms with Crippen molar-refractivity contribution in [2.45, 2.75) is 18.8 Å². The zero-order valence-electron chi connectivity index (χ0n) is 12.3. The molecule has 0 aliphatic rings. The lowest BCUT2D eigenvalue weighted by Crippen LogP contribution is -2.36. The first-order chi connectivity index (χ1) is 10.1. The Balaban J connectivity index is 0.00000441. The van der Waals surface area contributed by atoms with Gasteiger partial charge in [0.1, 0.15) is 24.5 Å². The molecule has 0 amide bonds. The first kappa shape index (κ1) is 20.6. The Kier molecular flexibility index (Phi) is 10.5. The highest BCUT2D eigenvalue weighted by molar-refractivity contribution is 5.85. The van der Waals surface area contributed by atoms with Gasteiger partial charge in [-0.1, -0.05) is 12.1 Å². The molecule has 7 nitrogen and oxygen atoms in total. The van der Waals surface area contributed by atoms with Gasteiger partial charge in [0.25, 0.3) is 0 Å². The second kappa shape index (κ2) is 11.2. The molecule has 2 unspecified atom stereocenters. The van der Waals surface area contributed by atoms with Crippen LogP contribution in [0.3, 0.4) is 0 Å². The monoisotopic (exact) mass is 335 g/mol. The van der Waals surface area contributed by atoms with E-state index in [0.29, 0.717) is 5.75 Å². The molecule has 4 N–H and O–H groups in total. The van der Waals surface area contributed by atoms with Gasteiger partial charge in [-0.15, -0.1) is 12.4 Å². The van der Waals surface area contributed by atoms with E-state index in [2.05, 4.69) is 4.74 Å². The van der Waals surface area contributed by atoms with Crippen LogP contribution in [0, 0.1) is 0 Å². The third-order valence-corrected chi connectivity index (χ3v) is 2.62. The molecule has 2 atom stereocenters. The van der Waals surface area contributed by atoms with Crippen LogP contribution in [0.25, 0.3) is 0 Å². The predicted molar refractivity (Wildman–Crippen MR) is 81.9 cm³/mol. The van der Waals surface area contributed by atoms with Crippen molar-refractivity contribution in [3.05, 3.63) is 29.8 Å². The molecule has 0 saturated carbocycles. The number of aliphatic hydroxyl groups is 2. The average Bonchev–Trinajstić information content (AvgIpc) is 2.52. The summed E-state index contributed by atoms with van der Waals surface area (Å²) in [6.07, 6.45) is -0.914. The molecule has 0 bridgehead atoms. The van der Waals surface area contributed by atoms with Gasteiger partial charge in [-0.3, -0.25) is 4.79 Å². The number of halogens is 1. The Bertz CT molecular complexity index is 445. The molecule has 0 radical (unpaired) electrons. The molecule has 8 heteroatoms. The quantitative estimate of drug-likeness (QED) is 0.538. The van der Waals surface area contributed by atoms with Crippen LogP contribution in [0.2, 0.25) is 0 Å². The number of carbonyl (C=O) groups is 1. The molecule has 1 aromatic rings. The summed E-state index contributed by atoms with van der Waals surface area (Å²) < 4.78 is 15.1. The first-order valence-corrected chi connectivity index (χ1v) is 6.48. The predicted octanol–water partition coefficient (Wildman–Crippen LogP) is -0.143. The number of rotatable bonds is 9. The third-order valence-electron chi connectivity index (χ3n) is 2.62. The molecule has 0 aliphatic heterocycles. The van der Waals surface area contributed by atoms with Gasteiger partial charge in [-0.2, -0.15) is 0 Å². The first-order valence-electron chi connectivity index (χ1n) is 6.48. The van der Waals surface area contributed by atoms with Crippen LogP contribution in [0.15, 0.2) is 24.3 Å². The molecule has 1 rings (SSSR count). The highest BCUT2D eigenvalue weighted by Crippen LogP contribution is 2.14. The smallest absolute Gasteiger partial charge is 0.325 e. The minimum absolute atomic E-state index is 0. The van der Waals surface area contributed by atoms with Crippen LogP contribution < -0.4 is 10.5 Å². The number of carbonyl (C=O) groups excluding carboxylic acids is 1. The molecular weight excluding hydrogens is 314 g/mol. The van der Waals surface area contributed by atoms with Crippen molar-refractivity contribution in [3.63, 3.8) is 0 Å². The minimum Gasteiger partial charge on any atom is -0.491 e. The highest BCUT2D eigenvalue weighted by atomic mass is 35.5. The van der Waals surface area contributed by atoms with E-state index in [1.807, 2.05) is 6.07 Å². The molecule has 0 fully saturated rings. The summed E-state index contributed by atoms with van der Waals surface area (Å²) in [5.41, 5.74) is 6.38. The number of ether oxygens (including phenoxy) is 3. The van der Waals surface area contributed by atoms with Gasteiger partial charge in [0.2, 0.25) is 0 Å². The second-order valence-corrected chi connectivity index (χ2v) is 4.44. The van der Waals surface area contributed by atoms with Crippen molar-refractivity contribution in [2.75, 3.05) is 26.9 Å². The van der Waals surface area contributed by atoms with Crippen molar-refractivity contribution in [2.24, 2.45) is 5.73 Å². The summed E-state index contributed by atoms with van der Waals surface area (Å²) in [6, 6.07) is 6.27. The number of esters is 1. The van der Waals surface area contributed by atoms with Gasteiger partial charge in [0.05, 0.1) is 26.9 Å². The van der Waals surface area contributed by atoms with Gasteiger partial charge in [0, 0.05) is 0 Å². The van der Waals surface area contributed by atoms with Gasteiger partial charge >= 0.3 is 5.97 Å². The van der Waals surface area contributed by atoms with E-state index in [0.717, 1.165) is 5.56 Å². The summed E-state index contributed by atoms with van der Waals surface area (Å²) in [4.78, 5) is 11.1. The van der Waals surface area contributed by atoms with Gasteiger partial charge in [-0.05, 0) is 17.7 Å². The van der Waals surface area contributed by atoms with Crippen LogP contribution >= 0.6 is 12.4 Å². The van der Waals surface area contributed by atoms with E-state index in [1.165, 1.54) is 7.11 Å². The molecule has 0 spiro atoms. The number of methoxy groups -OCH3 is 1. The average molecular weight is 336 g/mol. The largest absolute Gasteiger partial charge is 0.491 e. The fourth-order valence-electron chi connectivity index (χ4n) is 1.49. The Morgan fingerprint density at radius 2 is 2.09 bits per heavy atom. The van der Waals surface area contributed by atoms with E-state index < -0.39 is 18.1 Å². The molecule has 0 aliphatic carbocycles. The van der Waals surface area contributed by atoms with Crippen molar-refractivity contribution >= 4 is 18.4 Å². The van der Waals surface area contributed by atoms with Crippen LogP contribution in [0.1, 0.15) is 5.56 Å². The van der Waals surface area contributed by atoms with Crippen LogP contribution in [-0.2, 0) is 20.9 Å². The Labute approximate surface area is 135 Å². The number of hydrogen-bond donors (Lipinski definition) is 3. The van der Waals surface area contributed by atoms with Gasteiger partial charge < -0.3 is 30.2 Å². The Morgan fingerprint density at radius 1 is 1.36 bits per heavy atom. The van der Waals surface area contributed by atoms with Crippen molar-refractivity contribution in [1.82, 2.24) is 0 Å². The Morgan fingerprint density at radius 3 is 2.73 bits per heavy atom. The van der Waals surface area contributed by atoms with Gasteiger partial charge in [-0.25, -0.2) is 0 Å². The summed E-state index contributed by atoms with van der Waals surface area (Å²) in [7, 11) is 1.27. The molecule has 22 heavy (non-hydrogen) atoms. The van der Waals surface area contributed by atoms with Crippen molar-refractivity contribution < 1.29 is 29.2 Å². The standard InChI is InChI=1S/C14H21NO6.ClH/c1-19-14(18)13(15)9-20-7-10-3-2-4-12(5-10)21-8-11(17)6-16;/h2-5,11,13,16-17H,6-9,15H2,1H3;1H. The summed E-state index contributed by atoms with van der Waals surface area (Å²) in [5, 5.41) is 17.9. The molecular formula is C14H22ClNO6. The van der Waals surface area contributed by atoms with E-state index in [-0.39, 0.29) is 38.8 Å². The zero-order chi connectivity index (χ0) is 15.7. The molecule has 0 aromatic heterocycles. The maximum absolute atomic E-state index is 11.1. The third kappa shape index (κ3) is 7.58. The maximum atomic E-state index is 11.1. The van der Waals surface area contributed by atoms with Gasteiger partial charge in [0.15, 0.2) is 0 Å². The minimum atomic E-state index is -0.914. The van der Waals surface area contributed by atoms with Crippen LogP contribution in [0.4, 0.5) is 0 Å². The topological polar surface area (TPSA) is 111 Å². The second-order valence-electron chi connectivity index (χ2n) is 4.44. The zero-order valence-corrected chi connectivity index (χ0v) is 13.1. The van der Waals surface area contributed by atoms with Crippen molar-refractivity contribution in [1.29, 1.82) is 0 Å². The maximum Gasteiger partial charge on any atom is 0.325 e. The van der Waals surface area contributed by atoms with E-state index in [1.54, 1.807) is 18.2 Å². The molecule has 1 aromatic carbocycles. The number of nitrogens with two attached hydrogens (primary N) is 1. The van der Waals surface area contributed by atoms with E-state index in [4.69, 9.17) is 20.3 Å². The van der Waals surface area contributed by atoms with E-state index in [9.17, 15) is 9.90 Å². The number of hydrogen-bond acceptors (Lipinski definition) is 7. The summed E-state index contributed by atoms with van der Waals surface area (Å²) in [6.45, 7) is -0.0202. The molecule has 126 valence electrons. The lowest BCUT2D eigenvalue weighted by atomic mass is 10.2. The van der Waals surface area contributed by atoms with Crippen molar-refractivity contribution in [3.8, 4) is 5.75 Å². The summed E-state index contributed by atoms with van der Waals surface area (Å²) in [5.74, 6) is 0.0333. The number of benzene rings is 1. The fourth-order valence-corrected chi connectivity index (χ4v) is 1.49. The summed E-state index contributed by atoms with van der Waals surface area (Å²) >= 11 is 0. The lowest BCUT2D eigenvalue weighted by Gasteiger charge is -2.12. The normalized spacial score (nSPS) is 12.9. The van der Waals surface area contributed by atoms with Crippen LogP contribution in [0.5, 0.6) is 5.75 Å². The molecule has 0 saturated heterocycles. The Hall–Kier alpha value is -1.38. The SMILES string of the molecule is COC(=O)C(N)COCc1cccc(OCC(O)CO)c1.Cl.